The molecule has 2 aromatic heterocycles. The van der Waals surface area contributed by atoms with Gasteiger partial charge >= 0.3 is 0 Å². The number of fused-ring (bicyclic) bond motifs is 1. The highest BCUT2D eigenvalue weighted by Gasteiger charge is 2.66. The van der Waals surface area contributed by atoms with Crippen LogP contribution < -0.4 is 5.32 Å². The summed E-state index contributed by atoms with van der Waals surface area (Å²) in [6.07, 6.45) is 4.26. The second-order valence-electron chi connectivity index (χ2n) is 7.82. The lowest BCUT2D eigenvalue weighted by molar-refractivity contribution is -0.137. The van der Waals surface area contributed by atoms with Crippen molar-refractivity contribution in [1.29, 1.82) is 0 Å². The van der Waals surface area contributed by atoms with Crippen molar-refractivity contribution in [3.05, 3.63) is 50.6 Å². The molecule has 28 heavy (non-hydrogen) atoms. The van der Waals surface area contributed by atoms with E-state index in [0.717, 1.165) is 10.7 Å². The average molecular weight is 416 g/mol. The maximum atomic E-state index is 13.3. The Morgan fingerprint density at radius 3 is 3.07 bits per heavy atom. The smallest absolute Gasteiger partial charge is 0.229 e. The van der Waals surface area contributed by atoms with Crippen LogP contribution in [0.25, 0.3) is 0 Å². The summed E-state index contributed by atoms with van der Waals surface area (Å²) in [5.41, 5.74) is 1.47. The normalized spacial score (nSPS) is 31.4. The Balaban J connectivity index is 1.41. The molecule has 6 nitrogen and oxygen atoms in total. The Bertz CT molecular complexity index is 954. The molecular weight excluding hydrogens is 394 g/mol. The molecule has 2 amide bonds. The van der Waals surface area contributed by atoms with Crippen LogP contribution in [0.4, 0.5) is 0 Å². The predicted molar refractivity (Wildman–Crippen MR) is 107 cm³/mol. The summed E-state index contributed by atoms with van der Waals surface area (Å²) in [4.78, 5) is 32.3. The van der Waals surface area contributed by atoms with Gasteiger partial charge in [-0.05, 0) is 29.3 Å². The summed E-state index contributed by atoms with van der Waals surface area (Å²) in [5.74, 6) is -1.06. The van der Waals surface area contributed by atoms with Crippen LogP contribution in [0.2, 0.25) is 0 Å². The van der Waals surface area contributed by atoms with E-state index < -0.39 is 17.4 Å². The van der Waals surface area contributed by atoms with Crippen molar-refractivity contribution in [3.63, 3.8) is 0 Å². The van der Waals surface area contributed by atoms with Gasteiger partial charge in [-0.25, -0.2) is 4.98 Å². The van der Waals surface area contributed by atoms with E-state index in [4.69, 9.17) is 4.74 Å². The van der Waals surface area contributed by atoms with Crippen molar-refractivity contribution in [3.8, 4) is 0 Å². The van der Waals surface area contributed by atoms with E-state index in [9.17, 15) is 9.59 Å². The van der Waals surface area contributed by atoms with Crippen molar-refractivity contribution >= 4 is 34.5 Å². The van der Waals surface area contributed by atoms with Crippen LogP contribution in [0.5, 0.6) is 0 Å². The Labute approximate surface area is 171 Å². The van der Waals surface area contributed by atoms with Gasteiger partial charge in [0.15, 0.2) is 0 Å². The molecule has 0 radical (unpaired) electrons. The molecule has 146 valence electrons. The van der Waals surface area contributed by atoms with Crippen molar-refractivity contribution in [1.82, 2.24) is 15.2 Å². The molecule has 2 bridgehead atoms. The Morgan fingerprint density at radius 2 is 2.36 bits per heavy atom. The minimum Gasteiger partial charge on any atom is -0.360 e. The molecule has 5 atom stereocenters. The molecule has 2 saturated heterocycles. The summed E-state index contributed by atoms with van der Waals surface area (Å²) >= 11 is 3.19. The number of amides is 2. The molecule has 1 spiro atoms. The number of thiophene rings is 1. The minimum atomic E-state index is -0.640. The second kappa shape index (κ2) is 6.50. The van der Waals surface area contributed by atoms with E-state index >= 15 is 0 Å². The molecule has 5 heterocycles. The molecule has 3 aliphatic heterocycles. The minimum absolute atomic E-state index is 0.00789. The monoisotopic (exact) mass is 415 g/mol. The van der Waals surface area contributed by atoms with Crippen LogP contribution in [0.15, 0.2) is 34.4 Å². The van der Waals surface area contributed by atoms with Gasteiger partial charge in [0.1, 0.15) is 10.6 Å². The number of thiazole rings is 1. The average Bonchev–Trinajstić information content (AvgIpc) is 3.44. The lowest BCUT2D eigenvalue weighted by atomic mass is 9.76. The number of carbonyl (C=O) groups is 2. The fraction of sp³-hybridized carbons (Fsp3) is 0.450. The van der Waals surface area contributed by atoms with Crippen LogP contribution in [0.1, 0.15) is 22.3 Å². The summed E-state index contributed by atoms with van der Waals surface area (Å²) in [5, 5.41) is 10.2. The van der Waals surface area contributed by atoms with Crippen LogP contribution in [-0.2, 0) is 20.7 Å². The van der Waals surface area contributed by atoms with Gasteiger partial charge in [0.25, 0.3) is 0 Å². The van der Waals surface area contributed by atoms with E-state index in [1.807, 2.05) is 29.8 Å². The van der Waals surface area contributed by atoms with Crippen LogP contribution >= 0.6 is 22.7 Å². The van der Waals surface area contributed by atoms with Gasteiger partial charge in [0.05, 0.1) is 30.5 Å². The SMILES string of the molecule is Cc1csc(C(Cc2ccsc2)NC(=O)C2C3C=CC4(CN(C)C(=O)C24)O3)n1. The van der Waals surface area contributed by atoms with Gasteiger partial charge in [0.2, 0.25) is 11.8 Å². The van der Waals surface area contributed by atoms with E-state index in [1.54, 1.807) is 34.6 Å². The molecule has 1 N–H and O–H groups in total. The van der Waals surface area contributed by atoms with Gasteiger partial charge < -0.3 is 15.0 Å². The number of likely N-dealkylation sites (N-methyl/N-ethyl adjacent to an activating group) is 1. The molecule has 5 unspecified atom stereocenters. The number of nitrogens with one attached hydrogen (secondary N) is 1. The van der Waals surface area contributed by atoms with Crippen molar-refractivity contribution in [2.45, 2.75) is 31.1 Å². The Hall–Kier alpha value is -2.03. The summed E-state index contributed by atoms with van der Waals surface area (Å²) < 4.78 is 6.11. The molecule has 5 rings (SSSR count). The van der Waals surface area contributed by atoms with Gasteiger partial charge in [-0.1, -0.05) is 12.2 Å². The number of hydrogen-bond acceptors (Lipinski definition) is 6. The zero-order chi connectivity index (χ0) is 19.5. The molecule has 3 aliphatic rings. The number of ether oxygens (including phenoxy) is 1. The second-order valence-corrected chi connectivity index (χ2v) is 9.49. The number of likely N-dealkylation sites (tertiary alicyclic amines) is 1. The Kier molecular flexibility index (Phi) is 4.19. The summed E-state index contributed by atoms with van der Waals surface area (Å²) in [6, 6.07) is 1.85. The molecule has 0 aliphatic carbocycles. The van der Waals surface area contributed by atoms with Crippen LogP contribution in [0, 0.1) is 18.8 Å². The number of rotatable bonds is 5. The number of carbonyl (C=O) groups excluding carboxylic acids is 2. The van der Waals surface area contributed by atoms with E-state index in [1.165, 1.54) is 5.56 Å². The molecule has 2 fully saturated rings. The standard InChI is InChI=1S/C20H21N3O3S2/c1-11-8-28-18(21-11)13(7-12-4-6-27-9-12)22-17(24)15-14-3-5-20(26-14)10-23(2)19(25)16(15)20/h3-6,8-9,13-16H,7,10H2,1-2H3,(H,22,24). The first-order chi connectivity index (χ1) is 13.5. The number of hydrogen-bond donors (Lipinski definition) is 1. The first-order valence-electron chi connectivity index (χ1n) is 9.32. The summed E-state index contributed by atoms with van der Waals surface area (Å²) in [6.45, 7) is 2.46. The van der Waals surface area contributed by atoms with Gasteiger partial charge in [-0.15, -0.1) is 11.3 Å². The van der Waals surface area contributed by atoms with E-state index in [2.05, 4.69) is 21.7 Å². The van der Waals surface area contributed by atoms with Crippen molar-refractivity contribution in [2.75, 3.05) is 13.6 Å². The number of aromatic nitrogens is 1. The largest absolute Gasteiger partial charge is 0.360 e. The lowest BCUT2D eigenvalue weighted by Gasteiger charge is -2.25. The quantitative estimate of drug-likeness (QED) is 0.761. The zero-order valence-electron chi connectivity index (χ0n) is 15.6. The van der Waals surface area contributed by atoms with Gasteiger partial charge in [0, 0.05) is 24.5 Å². The maximum absolute atomic E-state index is 13.3. The fourth-order valence-corrected chi connectivity index (χ4v) is 6.16. The number of aryl methyl sites for hydroxylation is 1. The van der Waals surface area contributed by atoms with Crippen LogP contribution in [0.3, 0.4) is 0 Å². The third-order valence-electron chi connectivity index (χ3n) is 5.86. The highest BCUT2D eigenvalue weighted by Crippen LogP contribution is 2.51. The van der Waals surface area contributed by atoms with Gasteiger partial charge in [-0.2, -0.15) is 11.3 Å². The molecular formula is C20H21N3O3S2. The Morgan fingerprint density at radius 1 is 1.50 bits per heavy atom. The maximum Gasteiger partial charge on any atom is 0.229 e. The highest BCUT2D eigenvalue weighted by molar-refractivity contribution is 7.09. The molecule has 0 saturated carbocycles. The van der Waals surface area contributed by atoms with E-state index in [0.29, 0.717) is 13.0 Å². The lowest BCUT2D eigenvalue weighted by Crippen LogP contribution is -2.45. The van der Waals surface area contributed by atoms with Crippen molar-refractivity contribution < 1.29 is 14.3 Å². The van der Waals surface area contributed by atoms with Crippen molar-refractivity contribution in [2.24, 2.45) is 11.8 Å². The van der Waals surface area contributed by atoms with Crippen LogP contribution in [-0.4, -0.2) is 47.0 Å². The molecule has 0 aromatic carbocycles. The molecule has 8 heteroatoms. The molecule has 2 aromatic rings. The first-order valence-corrected chi connectivity index (χ1v) is 11.1. The highest BCUT2D eigenvalue weighted by atomic mass is 32.1. The topological polar surface area (TPSA) is 71.5 Å². The predicted octanol–water partition coefficient (Wildman–Crippen LogP) is 2.32. The fourth-order valence-electron chi connectivity index (χ4n) is 4.64. The first kappa shape index (κ1) is 18.0. The van der Waals surface area contributed by atoms with E-state index in [-0.39, 0.29) is 24.0 Å². The third kappa shape index (κ3) is 2.74. The third-order valence-corrected chi connectivity index (χ3v) is 7.67. The number of nitrogens with zero attached hydrogens (tertiary/aromatic N) is 2. The zero-order valence-corrected chi connectivity index (χ0v) is 17.3. The van der Waals surface area contributed by atoms with Gasteiger partial charge in [-0.3, -0.25) is 9.59 Å². The summed E-state index contributed by atoms with van der Waals surface area (Å²) in [7, 11) is 1.77.